The predicted octanol–water partition coefficient (Wildman–Crippen LogP) is 4.25. The number of rotatable bonds is 5. The van der Waals surface area contributed by atoms with Gasteiger partial charge in [0, 0.05) is 18.0 Å². The van der Waals surface area contributed by atoms with Gasteiger partial charge in [-0.05, 0) is 49.9 Å². The number of piperidine rings is 1. The number of ether oxygens (including phenoxy) is 1. The molecule has 4 unspecified atom stereocenters. The number of hydrogen-bond acceptors (Lipinski definition) is 3. The molecule has 0 aromatic heterocycles. The first-order chi connectivity index (χ1) is 12.9. The molecule has 4 fully saturated rings. The van der Waals surface area contributed by atoms with Crippen molar-refractivity contribution in [2.75, 3.05) is 13.2 Å². The van der Waals surface area contributed by atoms with Gasteiger partial charge in [0.05, 0.1) is 6.61 Å². The highest BCUT2D eigenvalue weighted by atomic mass is 16.5. The molecule has 5 nitrogen and oxygen atoms in total. The number of nitrogens with zero attached hydrogens (tertiary/aromatic N) is 1. The van der Waals surface area contributed by atoms with Crippen LogP contribution in [-0.2, 0) is 9.53 Å². The Morgan fingerprint density at radius 2 is 1.89 bits per heavy atom. The Morgan fingerprint density at radius 1 is 1.15 bits per heavy atom. The smallest absolute Gasteiger partial charge is 0.332 e. The van der Waals surface area contributed by atoms with Gasteiger partial charge in [0.2, 0.25) is 0 Å². The molecule has 4 rings (SSSR count). The molecule has 1 heterocycles. The molecule has 27 heavy (non-hydrogen) atoms. The van der Waals surface area contributed by atoms with Gasteiger partial charge >= 0.3 is 12.0 Å². The molecule has 152 valence electrons. The Kier molecular flexibility index (Phi) is 4.71. The number of amides is 2. The summed E-state index contributed by atoms with van der Waals surface area (Å²) >= 11 is 0. The van der Waals surface area contributed by atoms with E-state index in [4.69, 9.17) is 4.74 Å². The first-order valence-electron chi connectivity index (χ1n) is 11.1. The molecule has 3 aliphatic carbocycles. The van der Waals surface area contributed by atoms with Gasteiger partial charge < -0.3 is 15.0 Å². The fourth-order valence-electron chi connectivity index (χ4n) is 6.87. The highest BCUT2D eigenvalue weighted by Crippen LogP contribution is 2.76. The van der Waals surface area contributed by atoms with Crippen LogP contribution in [0.3, 0.4) is 0 Å². The summed E-state index contributed by atoms with van der Waals surface area (Å²) in [5.74, 6) is 0.378. The summed E-state index contributed by atoms with van der Waals surface area (Å²) in [5, 5.41) is 3.27. The van der Waals surface area contributed by atoms with Gasteiger partial charge in [-0.25, -0.2) is 9.59 Å². The molecule has 1 N–H and O–H groups in total. The minimum atomic E-state index is -0.767. The number of carbonyl (C=O) groups excluding carboxylic acids is 2. The van der Waals surface area contributed by atoms with Crippen molar-refractivity contribution in [3.05, 3.63) is 0 Å². The highest BCUT2D eigenvalue weighted by Gasteiger charge is 2.81. The molecule has 1 aliphatic heterocycles. The number of carbonyl (C=O) groups is 2. The maximum absolute atomic E-state index is 13.4. The third kappa shape index (κ3) is 2.49. The number of nitrogens with one attached hydrogen (secondary N) is 1. The van der Waals surface area contributed by atoms with Crippen molar-refractivity contribution < 1.29 is 14.3 Å². The van der Waals surface area contributed by atoms with E-state index in [0.29, 0.717) is 19.1 Å². The summed E-state index contributed by atoms with van der Waals surface area (Å²) in [7, 11) is 0. The second-order valence-electron chi connectivity index (χ2n) is 9.91. The zero-order valence-corrected chi connectivity index (χ0v) is 17.3. The van der Waals surface area contributed by atoms with Crippen LogP contribution in [0.5, 0.6) is 0 Å². The molecule has 0 radical (unpaired) electrons. The molecule has 4 aliphatic rings. The van der Waals surface area contributed by atoms with E-state index in [1.54, 1.807) is 0 Å². The van der Waals surface area contributed by atoms with E-state index in [-0.39, 0.29) is 28.9 Å². The van der Waals surface area contributed by atoms with Crippen LogP contribution in [-0.4, -0.2) is 41.6 Å². The van der Waals surface area contributed by atoms with Crippen molar-refractivity contribution in [1.29, 1.82) is 0 Å². The fourth-order valence-corrected chi connectivity index (χ4v) is 6.87. The Labute approximate surface area is 163 Å². The molecule has 5 heteroatoms. The minimum absolute atomic E-state index is 0.0285. The van der Waals surface area contributed by atoms with Crippen LogP contribution in [0.2, 0.25) is 0 Å². The van der Waals surface area contributed by atoms with E-state index in [2.05, 4.69) is 26.1 Å². The van der Waals surface area contributed by atoms with Crippen molar-refractivity contribution in [2.45, 2.75) is 96.6 Å². The third-order valence-electron chi connectivity index (χ3n) is 8.80. The zero-order valence-electron chi connectivity index (χ0n) is 17.3. The highest BCUT2D eigenvalue weighted by molar-refractivity contribution is 5.91. The first kappa shape index (κ1) is 19.1. The summed E-state index contributed by atoms with van der Waals surface area (Å²) in [6, 6.07) is 0.223. The fraction of sp³-hybridized carbons (Fsp3) is 0.909. The normalized spacial score (nSPS) is 40.4. The molecule has 4 atom stereocenters. The second kappa shape index (κ2) is 6.66. The maximum Gasteiger partial charge on any atom is 0.332 e. The van der Waals surface area contributed by atoms with Crippen LogP contribution in [0.4, 0.5) is 4.79 Å². The Morgan fingerprint density at radius 3 is 2.56 bits per heavy atom. The number of unbranched alkanes of at least 4 members (excludes halogenated alkanes) is 1. The number of esters is 1. The van der Waals surface area contributed by atoms with Crippen molar-refractivity contribution in [1.82, 2.24) is 10.2 Å². The lowest BCUT2D eigenvalue weighted by atomic mass is 9.65. The van der Waals surface area contributed by atoms with Gasteiger partial charge in [0.1, 0.15) is 5.54 Å². The lowest BCUT2D eigenvalue weighted by Crippen LogP contribution is -2.63. The van der Waals surface area contributed by atoms with E-state index >= 15 is 0 Å². The number of urea groups is 1. The maximum atomic E-state index is 13.4. The van der Waals surface area contributed by atoms with Crippen LogP contribution in [0.15, 0.2) is 0 Å². The molecule has 1 saturated heterocycles. The molecule has 0 aromatic rings. The van der Waals surface area contributed by atoms with Crippen LogP contribution in [0.25, 0.3) is 0 Å². The lowest BCUT2D eigenvalue weighted by Gasteiger charge is -2.46. The van der Waals surface area contributed by atoms with Crippen LogP contribution in [0.1, 0.15) is 85.0 Å². The molecule has 2 amide bonds. The molecule has 0 aromatic carbocycles. The van der Waals surface area contributed by atoms with Gasteiger partial charge in [0.25, 0.3) is 0 Å². The standard InChI is InChI=1S/C22H36N2O3/c1-4-5-13-27-18(25)22-14-16-11-12-21(22,3)20(16,2)15-24(22)19(26)23-17-9-7-6-8-10-17/h16-17H,4-15H2,1-3H3,(H,23,26). The van der Waals surface area contributed by atoms with Crippen LogP contribution >= 0.6 is 0 Å². The third-order valence-corrected chi connectivity index (χ3v) is 8.80. The van der Waals surface area contributed by atoms with Crippen molar-refractivity contribution in [2.24, 2.45) is 16.7 Å². The largest absolute Gasteiger partial charge is 0.464 e. The van der Waals surface area contributed by atoms with E-state index in [9.17, 15) is 9.59 Å². The Balaban J connectivity index is 1.59. The second-order valence-corrected chi connectivity index (χ2v) is 9.91. The topological polar surface area (TPSA) is 58.6 Å². The van der Waals surface area contributed by atoms with E-state index in [1.807, 2.05) is 4.90 Å². The van der Waals surface area contributed by atoms with Crippen molar-refractivity contribution >= 4 is 12.0 Å². The summed E-state index contributed by atoms with van der Waals surface area (Å²) < 4.78 is 5.76. The Hall–Kier alpha value is -1.26. The molecule has 3 saturated carbocycles. The quantitative estimate of drug-likeness (QED) is 0.576. The van der Waals surface area contributed by atoms with Crippen LogP contribution in [0, 0.1) is 16.7 Å². The van der Waals surface area contributed by atoms with Gasteiger partial charge in [0.15, 0.2) is 0 Å². The van der Waals surface area contributed by atoms with Gasteiger partial charge in [-0.1, -0.05) is 46.5 Å². The first-order valence-corrected chi connectivity index (χ1v) is 11.1. The van der Waals surface area contributed by atoms with E-state index in [0.717, 1.165) is 38.5 Å². The van der Waals surface area contributed by atoms with E-state index in [1.165, 1.54) is 25.7 Å². The SMILES string of the molecule is CCCCOC(=O)C12CC3CCC1(C)C3(C)CN2C(=O)NC1CCCCC1. The average Bonchev–Trinajstić information content (AvgIpc) is 3.11. The van der Waals surface area contributed by atoms with Gasteiger partial charge in [-0.3, -0.25) is 0 Å². The summed E-state index contributed by atoms with van der Waals surface area (Å²) in [5.41, 5.74) is -0.907. The zero-order chi connectivity index (χ0) is 19.3. The van der Waals surface area contributed by atoms with Crippen molar-refractivity contribution in [3.8, 4) is 0 Å². The number of likely N-dealkylation sites (tertiary alicyclic amines) is 1. The summed E-state index contributed by atoms with van der Waals surface area (Å²) in [6.45, 7) is 7.80. The Bertz CT molecular complexity index is 617. The van der Waals surface area contributed by atoms with Crippen molar-refractivity contribution in [3.63, 3.8) is 0 Å². The van der Waals surface area contributed by atoms with Gasteiger partial charge in [-0.2, -0.15) is 0 Å². The van der Waals surface area contributed by atoms with Gasteiger partial charge in [-0.15, -0.1) is 0 Å². The summed E-state index contributed by atoms with van der Waals surface area (Å²) in [6.07, 6.45) is 10.6. The molecular formula is C22H36N2O3. The monoisotopic (exact) mass is 376 g/mol. The average molecular weight is 377 g/mol. The molecular weight excluding hydrogens is 340 g/mol. The van der Waals surface area contributed by atoms with E-state index < -0.39 is 5.54 Å². The van der Waals surface area contributed by atoms with Crippen LogP contribution < -0.4 is 5.32 Å². The minimum Gasteiger partial charge on any atom is -0.464 e. The lowest BCUT2D eigenvalue weighted by molar-refractivity contribution is -0.162. The number of hydrogen-bond donors (Lipinski definition) is 1. The summed E-state index contributed by atoms with van der Waals surface area (Å²) in [4.78, 5) is 28.6. The predicted molar refractivity (Wildman–Crippen MR) is 104 cm³/mol. The molecule has 4 bridgehead atoms. The molecule has 0 spiro atoms.